The fourth-order valence-corrected chi connectivity index (χ4v) is 3.76. The van der Waals surface area contributed by atoms with Gasteiger partial charge in [0.05, 0.1) is 16.3 Å². The van der Waals surface area contributed by atoms with E-state index in [2.05, 4.69) is 20.5 Å². The monoisotopic (exact) mass is 375 g/mol. The van der Waals surface area contributed by atoms with Gasteiger partial charge in [-0.2, -0.15) is 5.10 Å². The second kappa shape index (κ2) is 7.51. The molecule has 1 amide bonds. The van der Waals surface area contributed by atoms with Gasteiger partial charge in [-0.05, 0) is 25.1 Å². The van der Waals surface area contributed by atoms with E-state index in [0.29, 0.717) is 12.2 Å². The van der Waals surface area contributed by atoms with Gasteiger partial charge in [0.2, 0.25) is 0 Å². The Labute approximate surface area is 160 Å². The second-order valence-electron chi connectivity index (χ2n) is 5.83. The summed E-state index contributed by atoms with van der Waals surface area (Å²) in [5, 5.41) is 10.8. The van der Waals surface area contributed by atoms with Gasteiger partial charge in [-0.1, -0.05) is 30.3 Å². The molecule has 0 aliphatic heterocycles. The highest BCUT2D eigenvalue weighted by Gasteiger charge is 2.19. The highest BCUT2D eigenvalue weighted by atomic mass is 32.1. The molecule has 134 valence electrons. The molecule has 2 N–H and O–H groups in total. The van der Waals surface area contributed by atoms with Crippen molar-refractivity contribution >= 4 is 17.2 Å². The van der Waals surface area contributed by atoms with Crippen LogP contribution in [-0.4, -0.2) is 32.6 Å². The Kier molecular flexibility index (Phi) is 4.76. The fourth-order valence-electron chi connectivity index (χ4n) is 2.71. The Morgan fingerprint density at radius 2 is 1.96 bits per heavy atom. The molecule has 0 aliphatic rings. The number of hydrogen-bond donors (Lipinski definition) is 2. The van der Waals surface area contributed by atoms with Crippen LogP contribution in [0, 0.1) is 0 Å². The summed E-state index contributed by atoms with van der Waals surface area (Å²) >= 11 is 1.54. The van der Waals surface area contributed by atoms with Crippen LogP contribution >= 0.6 is 11.3 Å². The van der Waals surface area contributed by atoms with Gasteiger partial charge in [-0.3, -0.25) is 14.9 Å². The number of rotatable bonds is 5. The highest BCUT2D eigenvalue weighted by Crippen LogP contribution is 2.39. The Morgan fingerprint density at radius 3 is 2.70 bits per heavy atom. The Hall–Kier alpha value is -3.32. The summed E-state index contributed by atoms with van der Waals surface area (Å²) in [5.74, 6) is -0.196. The smallest absolute Gasteiger partial charge is 0.271 e. The number of hydrogen-bond acceptors (Lipinski definition) is 5. The minimum absolute atomic E-state index is 0.196. The quantitative estimate of drug-likeness (QED) is 0.552. The lowest BCUT2D eigenvalue weighted by molar-refractivity contribution is 0.0951. The number of amides is 1. The van der Waals surface area contributed by atoms with Gasteiger partial charge < -0.3 is 5.32 Å². The molecular formula is C20H17N5OS. The maximum atomic E-state index is 12.1. The van der Waals surface area contributed by atoms with Crippen molar-refractivity contribution in [2.75, 3.05) is 6.54 Å². The number of nitrogens with one attached hydrogen (secondary N) is 2. The molecule has 0 radical (unpaired) electrons. The van der Waals surface area contributed by atoms with Gasteiger partial charge in [-0.25, -0.2) is 4.98 Å². The number of thiazole rings is 1. The number of nitrogens with zero attached hydrogens (tertiary/aromatic N) is 3. The van der Waals surface area contributed by atoms with Gasteiger partial charge in [-0.15, -0.1) is 11.3 Å². The van der Waals surface area contributed by atoms with E-state index >= 15 is 0 Å². The second-order valence-corrected chi connectivity index (χ2v) is 6.83. The zero-order valence-corrected chi connectivity index (χ0v) is 15.5. The summed E-state index contributed by atoms with van der Waals surface area (Å²) < 4.78 is 0. The van der Waals surface area contributed by atoms with Gasteiger partial charge >= 0.3 is 0 Å². The van der Waals surface area contributed by atoms with Gasteiger partial charge in [0.25, 0.3) is 5.91 Å². The van der Waals surface area contributed by atoms with Crippen LogP contribution in [0.3, 0.4) is 0 Å². The van der Waals surface area contributed by atoms with Gasteiger partial charge in [0.1, 0.15) is 5.01 Å². The Balaban J connectivity index is 1.82. The summed E-state index contributed by atoms with van der Waals surface area (Å²) in [6, 6.07) is 15.6. The molecule has 0 atom stereocenters. The topological polar surface area (TPSA) is 83.6 Å². The van der Waals surface area contributed by atoms with Gasteiger partial charge in [0, 0.05) is 30.1 Å². The summed E-state index contributed by atoms with van der Waals surface area (Å²) in [7, 11) is 0. The van der Waals surface area contributed by atoms with Crippen molar-refractivity contribution in [3.05, 3.63) is 66.6 Å². The third kappa shape index (κ3) is 3.50. The van der Waals surface area contributed by atoms with E-state index in [1.165, 1.54) is 0 Å². The average Bonchev–Trinajstić information content (AvgIpc) is 3.37. The number of aromatic amines is 1. The number of H-pyrrole nitrogens is 1. The maximum absolute atomic E-state index is 12.1. The summed E-state index contributed by atoms with van der Waals surface area (Å²) in [6.45, 7) is 2.43. The number of benzene rings is 1. The molecule has 27 heavy (non-hydrogen) atoms. The van der Waals surface area contributed by atoms with Crippen molar-refractivity contribution in [1.29, 1.82) is 0 Å². The van der Waals surface area contributed by atoms with E-state index in [4.69, 9.17) is 4.98 Å². The Morgan fingerprint density at radius 1 is 1.15 bits per heavy atom. The van der Waals surface area contributed by atoms with Crippen LogP contribution in [0.15, 0.2) is 60.9 Å². The molecule has 7 heteroatoms. The van der Waals surface area contributed by atoms with Crippen LogP contribution < -0.4 is 5.32 Å². The molecule has 0 saturated heterocycles. The van der Waals surface area contributed by atoms with Crippen molar-refractivity contribution < 1.29 is 4.79 Å². The van der Waals surface area contributed by atoms with Crippen LogP contribution in [0.25, 0.3) is 32.4 Å². The van der Waals surface area contributed by atoms with Crippen LogP contribution in [-0.2, 0) is 0 Å². The van der Waals surface area contributed by atoms with E-state index in [-0.39, 0.29) is 5.91 Å². The molecule has 0 unspecified atom stereocenters. The van der Waals surface area contributed by atoms with E-state index in [1.54, 1.807) is 29.8 Å². The molecule has 1 aromatic carbocycles. The minimum atomic E-state index is -0.196. The van der Waals surface area contributed by atoms with Crippen LogP contribution in [0.4, 0.5) is 0 Å². The lowest BCUT2D eigenvalue weighted by Gasteiger charge is -1.99. The molecular weight excluding hydrogens is 358 g/mol. The first-order valence-corrected chi connectivity index (χ1v) is 9.38. The molecule has 0 bridgehead atoms. The van der Waals surface area contributed by atoms with Crippen molar-refractivity contribution in [2.45, 2.75) is 6.92 Å². The zero-order valence-electron chi connectivity index (χ0n) is 14.6. The largest absolute Gasteiger partial charge is 0.351 e. The van der Waals surface area contributed by atoms with Gasteiger partial charge in [0.15, 0.2) is 5.69 Å². The van der Waals surface area contributed by atoms with Crippen molar-refractivity contribution in [2.24, 2.45) is 0 Å². The molecule has 0 spiro atoms. The molecule has 3 aromatic heterocycles. The highest BCUT2D eigenvalue weighted by molar-refractivity contribution is 7.18. The minimum Gasteiger partial charge on any atom is -0.351 e. The molecule has 0 saturated carbocycles. The molecule has 0 aliphatic carbocycles. The molecule has 4 rings (SSSR count). The molecule has 6 nitrogen and oxygen atoms in total. The SMILES string of the molecule is CCNC(=O)c1cc(-c2sc(-c3cccnc3)nc2-c2ccccc2)[nH]n1. The zero-order chi connectivity index (χ0) is 18.6. The van der Waals surface area contributed by atoms with E-state index in [1.807, 2.05) is 49.4 Å². The average molecular weight is 375 g/mol. The summed E-state index contributed by atoms with van der Waals surface area (Å²) in [4.78, 5) is 22.0. The van der Waals surface area contributed by atoms with Crippen molar-refractivity contribution in [1.82, 2.24) is 25.5 Å². The third-order valence-corrected chi connectivity index (χ3v) is 5.11. The first kappa shape index (κ1) is 17.1. The van der Waals surface area contributed by atoms with Crippen LogP contribution in [0.2, 0.25) is 0 Å². The normalized spacial score (nSPS) is 10.7. The lowest BCUT2D eigenvalue weighted by atomic mass is 10.1. The summed E-state index contributed by atoms with van der Waals surface area (Å²) in [5.41, 5.74) is 3.94. The van der Waals surface area contributed by atoms with E-state index in [0.717, 1.165) is 32.4 Å². The standard InChI is InChI=1S/C20H17N5OS/c1-2-22-19(26)16-11-15(24-25-16)18-17(13-7-4-3-5-8-13)23-20(27-18)14-9-6-10-21-12-14/h3-12H,2H2,1H3,(H,22,26)(H,24,25). The number of carbonyl (C=O) groups is 1. The van der Waals surface area contributed by atoms with E-state index in [9.17, 15) is 4.79 Å². The summed E-state index contributed by atoms with van der Waals surface area (Å²) in [6.07, 6.45) is 3.54. The van der Waals surface area contributed by atoms with E-state index < -0.39 is 0 Å². The predicted octanol–water partition coefficient (Wildman–Crippen LogP) is 4.01. The molecule has 3 heterocycles. The maximum Gasteiger partial charge on any atom is 0.271 e. The van der Waals surface area contributed by atoms with Crippen LogP contribution in [0.1, 0.15) is 17.4 Å². The first-order chi connectivity index (χ1) is 13.3. The van der Waals surface area contributed by atoms with Crippen molar-refractivity contribution in [3.63, 3.8) is 0 Å². The number of carbonyl (C=O) groups excluding carboxylic acids is 1. The molecule has 4 aromatic rings. The Bertz CT molecular complexity index is 1060. The van der Waals surface area contributed by atoms with Crippen molar-refractivity contribution in [3.8, 4) is 32.4 Å². The number of pyridine rings is 1. The first-order valence-electron chi connectivity index (χ1n) is 8.57. The lowest BCUT2D eigenvalue weighted by Crippen LogP contribution is -2.22. The number of aromatic nitrogens is 4. The van der Waals surface area contributed by atoms with Crippen LogP contribution in [0.5, 0.6) is 0 Å². The molecule has 0 fully saturated rings. The third-order valence-electron chi connectivity index (χ3n) is 3.98. The predicted molar refractivity (Wildman–Crippen MR) is 106 cm³/mol. The fraction of sp³-hybridized carbons (Fsp3) is 0.100.